The van der Waals surface area contributed by atoms with Crippen molar-refractivity contribution in [3.63, 3.8) is 0 Å². The largest absolute Gasteiger partial charge is 0.298 e. The van der Waals surface area contributed by atoms with Crippen molar-refractivity contribution in [1.82, 2.24) is 4.98 Å². The number of aromatic nitrogens is 1. The van der Waals surface area contributed by atoms with Gasteiger partial charge in [-0.05, 0) is 48.6 Å². The predicted octanol–water partition coefficient (Wildman–Crippen LogP) is 4.69. The SMILES string of the molecule is O=C(Nc1nc(-c2ccc3c(c2)CCC3)cs1)c1ccccc1F. The van der Waals surface area contributed by atoms with E-state index in [1.165, 1.54) is 41.0 Å². The number of hydrogen-bond donors (Lipinski definition) is 1. The Kier molecular flexibility index (Phi) is 3.86. The van der Waals surface area contributed by atoms with Crippen molar-refractivity contribution in [2.45, 2.75) is 19.3 Å². The number of benzene rings is 2. The van der Waals surface area contributed by atoms with E-state index in [0.29, 0.717) is 5.13 Å². The van der Waals surface area contributed by atoms with E-state index in [4.69, 9.17) is 0 Å². The summed E-state index contributed by atoms with van der Waals surface area (Å²) in [5.74, 6) is -1.02. The van der Waals surface area contributed by atoms with Crippen LogP contribution >= 0.6 is 11.3 Å². The van der Waals surface area contributed by atoms with Crippen molar-refractivity contribution in [2.24, 2.45) is 0 Å². The van der Waals surface area contributed by atoms with Gasteiger partial charge < -0.3 is 0 Å². The molecule has 0 fully saturated rings. The molecule has 4 rings (SSSR count). The molecule has 0 atom stereocenters. The Labute approximate surface area is 143 Å². The molecule has 3 aromatic rings. The van der Waals surface area contributed by atoms with E-state index in [1.807, 2.05) is 5.38 Å². The van der Waals surface area contributed by atoms with Gasteiger partial charge in [0.2, 0.25) is 0 Å². The minimum atomic E-state index is -0.537. The zero-order valence-corrected chi connectivity index (χ0v) is 13.7. The monoisotopic (exact) mass is 338 g/mol. The highest BCUT2D eigenvalue weighted by molar-refractivity contribution is 7.14. The van der Waals surface area contributed by atoms with E-state index in [2.05, 4.69) is 28.5 Å². The second-order valence-corrected chi connectivity index (χ2v) is 6.67. The summed E-state index contributed by atoms with van der Waals surface area (Å²) in [5, 5.41) is 5.05. The molecule has 1 aliphatic rings. The summed E-state index contributed by atoms with van der Waals surface area (Å²) < 4.78 is 13.7. The van der Waals surface area contributed by atoms with Gasteiger partial charge in [-0.1, -0.05) is 24.3 Å². The fourth-order valence-electron chi connectivity index (χ4n) is 3.00. The molecule has 0 spiro atoms. The maximum atomic E-state index is 13.7. The number of carbonyl (C=O) groups excluding carboxylic acids is 1. The van der Waals surface area contributed by atoms with Crippen molar-refractivity contribution in [3.8, 4) is 11.3 Å². The number of halogens is 1. The van der Waals surface area contributed by atoms with Crippen LogP contribution in [-0.2, 0) is 12.8 Å². The van der Waals surface area contributed by atoms with Crippen LogP contribution in [0.1, 0.15) is 27.9 Å². The molecule has 1 amide bonds. The van der Waals surface area contributed by atoms with Gasteiger partial charge in [0, 0.05) is 10.9 Å². The number of thiazole rings is 1. The average molecular weight is 338 g/mol. The number of rotatable bonds is 3. The Morgan fingerprint density at radius 3 is 2.83 bits per heavy atom. The first-order valence-electron chi connectivity index (χ1n) is 7.84. The summed E-state index contributed by atoms with van der Waals surface area (Å²) in [6, 6.07) is 12.3. The molecule has 0 radical (unpaired) electrons. The molecule has 24 heavy (non-hydrogen) atoms. The van der Waals surface area contributed by atoms with Gasteiger partial charge in [-0.3, -0.25) is 10.1 Å². The lowest BCUT2D eigenvalue weighted by Gasteiger charge is -2.03. The van der Waals surface area contributed by atoms with Crippen LogP contribution in [0.4, 0.5) is 9.52 Å². The highest BCUT2D eigenvalue weighted by Gasteiger charge is 2.15. The normalized spacial score (nSPS) is 12.9. The van der Waals surface area contributed by atoms with Gasteiger partial charge in [-0.25, -0.2) is 9.37 Å². The lowest BCUT2D eigenvalue weighted by molar-refractivity contribution is 0.102. The zero-order chi connectivity index (χ0) is 16.5. The molecular formula is C19H15FN2OS. The van der Waals surface area contributed by atoms with E-state index in [-0.39, 0.29) is 5.56 Å². The van der Waals surface area contributed by atoms with Crippen molar-refractivity contribution in [2.75, 3.05) is 5.32 Å². The van der Waals surface area contributed by atoms with Crippen molar-refractivity contribution in [3.05, 3.63) is 70.4 Å². The van der Waals surface area contributed by atoms with Gasteiger partial charge in [0.25, 0.3) is 5.91 Å². The lowest BCUT2D eigenvalue weighted by atomic mass is 10.1. The second kappa shape index (κ2) is 6.17. The molecule has 2 aromatic carbocycles. The van der Waals surface area contributed by atoms with Gasteiger partial charge in [-0.2, -0.15) is 0 Å². The predicted molar refractivity (Wildman–Crippen MR) is 93.9 cm³/mol. The van der Waals surface area contributed by atoms with E-state index in [1.54, 1.807) is 12.1 Å². The third-order valence-electron chi connectivity index (χ3n) is 4.24. The van der Waals surface area contributed by atoms with E-state index >= 15 is 0 Å². The summed E-state index contributed by atoms with van der Waals surface area (Å²) in [6.45, 7) is 0. The molecule has 0 saturated carbocycles. The number of hydrogen-bond acceptors (Lipinski definition) is 3. The average Bonchev–Trinajstić information content (AvgIpc) is 3.23. The summed E-state index contributed by atoms with van der Waals surface area (Å²) in [7, 11) is 0. The molecule has 0 bridgehead atoms. The van der Waals surface area contributed by atoms with Crippen molar-refractivity contribution >= 4 is 22.4 Å². The molecule has 1 aliphatic carbocycles. The van der Waals surface area contributed by atoms with Crippen LogP contribution in [0, 0.1) is 5.82 Å². The number of fused-ring (bicyclic) bond motifs is 1. The minimum absolute atomic E-state index is 0.0202. The van der Waals surface area contributed by atoms with E-state index in [0.717, 1.165) is 24.1 Å². The van der Waals surface area contributed by atoms with E-state index in [9.17, 15) is 9.18 Å². The molecule has 120 valence electrons. The maximum Gasteiger partial charge on any atom is 0.260 e. The van der Waals surface area contributed by atoms with Crippen LogP contribution in [-0.4, -0.2) is 10.9 Å². The third kappa shape index (κ3) is 2.83. The molecule has 3 nitrogen and oxygen atoms in total. The molecule has 0 saturated heterocycles. The Balaban J connectivity index is 1.55. The second-order valence-electron chi connectivity index (χ2n) is 5.81. The van der Waals surface area contributed by atoms with Gasteiger partial charge in [0.15, 0.2) is 5.13 Å². The summed E-state index contributed by atoms with van der Waals surface area (Å²) >= 11 is 1.34. The van der Waals surface area contributed by atoms with Crippen molar-refractivity contribution in [1.29, 1.82) is 0 Å². The molecule has 0 aliphatic heterocycles. The first kappa shape index (κ1) is 15.0. The molecule has 5 heteroatoms. The fourth-order valence-corrected chi connectivity index (χ4v) is 3.72. The Hall–Kier alpha value is -2.53. The highest BCUT2D eigenvalue weighted by Crippen LogP contribution is 2.30. The number of nitrogens with one attached hydrogen (secondary N) is 1. The first-order valence-corrected chi connectivity index (χ1v) is 8.72. The standard InChI is InChI=1S/C19H15FN2OS/c20-16-7-2-1-6-15(16)18(23)22-19-21-17(11-24-19)14-9-8-12-4-3-5-13(12)10-14/h1-2,6-11H,3-5H2,(H,21,22,23). The van der Waals surface area contributed by atoms with Crippen LogP contribution in [0.25, 0.3) is 11.3 Å². The third-order valence-corrected chi connectivity index (χ3v) is 5.00. The number of anilines is 1. The minimum Gasteiger partial charge on any atom is -0.298 e. The van der Waals surface area contributed by atoms with Crippen LogP contribution < -0.4 is 5.32 Å². The Morgan fingerprint density at radius 2 is 1.96 bits per heavy atom. The number of nitrogens with zero attached hydrogens (tertiary/aromatic N) is 1. The molecular weight excluding hydrogens is 323 g/mol. The molecule has 1 aromatic heterocycles. The molecule has 1 heterocycles. The summed E-state index contributed by atoms with van der Waals surface area (Å²) in [4.78, 5) is 16.6. The number of carbonyl (C=O) groups is 1. The van der Waals surface area contributed by atoms with Crippen LogP contribution in [0.2, 0.25) is 0 Å². The van der Waals surface area contributed by atoms with E-state index < -0.39 is 11.7 Å². The topological polar surface area (TPSA) is 42.0 Å². The van der Waals surface area contributed by atoms with Crippen LogP contribution in [0.15, 0.2) is 47.8 Å². The number of aryl methyl sites for hydroxylation is 2. The van der Waals surface area contributed by atoms with Crippen LogP contribution in [0.3, 0.4) is 0 Å². The van der Waals surface area contributed by atoms with Gasteiger partial charge >= 0.3 is 0 Å². The quantitative estimate of drug-likeness (QED) is 0.753. The van der Waals surface area contributed by atoms with Crippen molar-refractivity contribution < 1.29 is 9.18 Å². The number of amides is 1. The van der Waals surface area contributed by atoms with Gasteiger partial charge in [0.05, 0.1) is 11.3 Å². The summed E-state index contributed by atoms with van der Waals surface area (Å²) in [6.07, 6.45) is 3.47. The smallest absolute Gasteiger partial charge is 0.260 e. The fraction of sp³-hybridized carbons (Fsp3) is 0.158. The first-order chi connectivity index (χ1) is 11.7. The highest BCUT2D eigenvalue weighted by atomic mass is 32.1. The van der Waals surface area contributed by atoms with Crippen LogP contribution in [0.5, 0.6) is 0 Å². The maximum absolute atomic E-state index is 13.7. The lowest BCUT2D eigenvalue weighted by Crippen LogP contribution is -2.13. The Bertz CT molecular complexity index is 919. The van der Waals surface area contributed by atoms with Gasteiger partial charge in [-0.15, -0.1) is 11.3 Å². The van der Waals surface area contributed by atoms with Gasteiger partial charge in [0.1, 0.15) is 5.82 Å². The zero-order valence-electron chi connectivity index (χ0n) is 12.9. The Morgan fingerprint density at radius 1 is 1.12 bits per heavy atom. The summed E-state index contributed by atoms with van der Waals surface area (Å²) in [5.41, 5.74) is 4.71. The molecule has 0 unspecified atom stereocenters. The molecule has 1 N–H and O–H groups in total.